The van der Waals surface area contributed by atoms with E-state index in [2.05, 4.69) is 55.7 Å². The molecule has 1 aromatic heterocycles. The lowest BCUT2D eigenvalue weighted by Gasteiger charge is -2.19. The quantitative estimate of drug-likeness (QED) is 0.395. The summed E-state index contributed by atoms with van der Waals surface area (Å²) >= 11 is 0. The number of rotatable bonds is 6. The van der Waals surface area contributed by atoms with Crippen molar-refractivity contribution in [2.24, 2.45) is 0 Å². The third kappa shape index (κ3) is 4.36. The molecule has 5 heteroatoms. The zero-order valence-electron chi connectivity index (χ0n) is 19.4. The van der Waals surface area contributed by atoms with Gasteiger partial charge in [-0.1, -0.05) is 30.3 Å². The maximum absolute atomic E-state index is 13.0. The molecule has 4 aromatic rings. The minimum Gasteiger partial charge on any atom is -0.492 e. The zero-order chi connectivity index (χ0) is 22.9. The number of hydrogen-bond acceptors (Lipinski definition) is 3. The average Bonchev–Trinajstić information content (AvgIpc) is 3.34. The van der Waals surface area contributed by atoms with Crippen LogP contribution in [-0.4, -0.2) is 28.6 Å². The molecule has 1 aliphatic rings. The van der Waals surface area contributed by atoms with Crippen molar-refractivity contribution in [3.63, 3.8) is 0 Å². The van der Waals surface area contributed by atoms with Crippen LogP contribution in [0.2, 0.25) is 0 Å². The number of hydrogen-bond donors (Lipinski definition) is 0. The van der Waals surface area contributed by atoms with E-state index in [4.69, 9.17) is 9.72 Å². The number of carbonyl (C=O) groups is 1. The monoisotopic (exact) mass is 439 g/mol. The average molecular weight is 440 g/mol. The van der Waals surface area contributed by atoms with Crippen LogP contribution >= 0.6 is 0 Å². The predicted molar refractivity (Wildman–Crippen MR) is 132 cm³/mol. The molecular formula is C28H29N3O2. The Labute approximate surface area is 194 Å². The van der Waals surface area contributed by atoms with E-state index < -0.39 is 0 Å². The highest BCUT2D eigenvalue weighted by Crippen LogP contribution is 2.34. The number of para-hydroxylation sites is 2. The minimum absolute atomic E-state index is 0.0460. The van der Waals surface area contributed by atoms with E-state index >= 15 is 0 Å². The Hall–Kier alpha value is -3.60. The van der Waals surface area contributed by atoms with Crippen molar-refractivity contribution in [2.45, 2.75) is 39.7 Å². The van der Waals surface area contributed by atoms with Gasteiger partial charge >= 0.3 is 0 Å². The summed E-state index contributed by atoms with van der Waals surface area (Å²) in [4.78, 5) is 19.9. The molecule has 1 fully saturated rings. The normalized spacial score (nSPS) is 16.0. The molecule has 0 bridgehead atoms. The van der Waals surface area contributed by atoms with E-state index in [0.717, 1.165) is 28.3 Å². The number of aryl methyl sites for hydroxylation is 3. The number of imidazole rings is 1. The Morgan fingerprint density at radius 3 is 2.52 bits per heavy atom. The van der Waals surface area contributed by atoms with Gasteiger partial charge in [0.1, 0.15) is 18.2 Å². The van der Waals surface area contributed by atoms with Crippen LogP contribution in [0.1, 0.15) is 34.9 Å². The fraction of sp³-hybridized carbons (Fsp3) is 0.286. The number of benzene rings is 3. The Balaban J connectivity index is 1.41. The summed E-state index contributed by atoms with van der Waals surface area (Å²) in [6.07, 6.45) is 0.467. The van der Waals surface area contributed by atoms with E-state index in [0.29, 0.717) is 26.1 Å². The Kier molecular flexibility index (Phi) is 5.63. The van der Waals surface area contributed by atoms with E-state index in [1.165, 1.54) is 16.7 Å². The van der Waals surface area contributed by atoms with Crippen molar-refractivity contribution in [1.82, 2.24) is 9.55 Å². The Morgan fingerprint density at radius 2 is 1.73 bits per heavy atom. The van der Waals surface area contributed by atoms with Crippen molar-refractivity contribution in [1.29, 1.82) is 0 Å². The van der Waals surface area contributed by atoms with Crippen LogP contribution < -0.4 is 9.64 Å². The van der Waals surface area contributed by atoms with Crippen molar-refractivity contribution in [3.8, 4) is 5.75 Å². The summed E-state index contributed by atoms with van der Waals surface area (Å²) in [5.74, 6) is 2.03. The van der Waals surface area contributed by atoms with Crippen molar-refractivity contribution in [2.75, 3.05) is 18.1 Å². The first-order valence-electron chi connectivity index (χ1n) is 11.5. The van der Waals surface area contributed by atoms with Crippen LogP contribution in [-0.2, 0) is 11.3 Å². The molecule has 0 unspecified atom stereocenters. The zero-order valence-corrected chi connectivity index (χ0v) is 19.4. The molecule has 1 saturated heterocycles. The highest BCUT2D eigenvalue weighted by atomic mass is 16.5. The van der Waals surface area contributed by atoms with Gasteiger partial charge < -0.3 is 14.2 Å². The number of fused-ring (bicyclic) bond motifs is 1. The first-order valence-corrected chi connectivity index (χ1v) is 11.5. The topological polar surface area (TPSA) is 47.4 Å². The van der Waals surface area contributed by atoms with Crippen LogP contribution in [0, 0.1) is 20.8 Å². The molecule has 0 radical (unpaired) electrons. The maximum Gasteiger partial charge on any atom is 0.227 e. The smallest absolute Gasteiger partial charge is 0.227 e. The highest BCUT2D eigenvalue weighted by Gasteiger charge is 2.35. The summed E-state index contributed by atoms with van der Waals surface area (Å²) in [7, 11) is 0. The van der Waals surface area contributed by atoms with Gasteiger partial charge in [0.05, 0.1) is 17.6 Å². The third-order valence-corrected chi connectivity index (χ3v) is 6.27. The highest BCUT2D eigenvalue weighted by molar-refractivity contribution is 5.96. The van der Waals surface area contributed by atoms with Crippen molar-refractivity contribution in [3.05, 3.63) is 89.2 Å². The summed E-state index contributed by atoms with van der Waals surface area (Å²) < 4.78 is 8.27. The molecule has 3 aromatic carbocycles. The van der Waals surface area contributed by atoms with E-state index in [1.807, 2.05) is 41.3 Å². The lowest BCUT2D eigenvalue weighted by molar-refractivity contribution is -0.117. The summed E-state index contributed by atoms with van der Waals surface area (Å²) in [6.45, 7) is 8.07. The summed E-state index contributed by atoms with van der Waals surface area (Å²) in [5, 5.41) is 0. The van der Waals surface area contributed by atoms with Gasteiger partial charge in [0.25, 0.3) is 0 Å². The Bertz CT molecular complexity index is 1300. The molecule has 0 N–H and O–H groups in total. The first kappa shape index (κ1) is 21.3. The van der Waals surface area contributed by atoms with Crippen LogP contribution in [0.25, 0.3) is 11.0 Å². The number of amides is 1. The first-order chi connectivity index (χ1) is 16.0. The van der Waals surface area contributed by atoms with Crippen LogP contribution in [0.15, 0.2) is 66.7 Å². The molecule has 0 saturated carbocycles. The number of aromatic nitrogens is 2. The number of nitrogens with zero attached hydrogens (tertiary/aromatic N) is 3. The number of carbonyl (C=O) groups excluding carboxylic acids is 1. The van der Waals surface area contributed by atoms with Crippen LogP contribution in [0.3, 0.4) is 0 Å². The second kappa shape index (κ2) is 8.74. The minimum atomic E-state index is 0.0460. The molecule has 2 heterocycles. The molecule has 33 heavy (non-hydrogen) atoms. The lowest BCUT2D eigenvalue weighted by Crippen LogP contribution is -2.25. The van der Waals surface area contributed by atoms with Gasteiger partial charge in [-0.25, -0.2) is 4.98 Å². The van der Waals surface area contributed by atoms with Crippen molar-refractivity contribution >= 4 is 22.6 Å². The molecule has 0 aliphatic carbocycles. The van der Waals surface area contributed by atoms with Crippen LogP contribution in [0.4, 0.5) is 5.69 Å². The van der Waals surface area contributed by atoms with Gasteiger partial charge in [-0.2, -0.15) is 0 Å². The Morgan fingerprint density at radius 1 is 0.939 bits per heavy atom. The second-order valence-corrected chi connectivity index (χ2v) is 9.03. The molecule has 5 nitrogen and oxygen atoms in total. The number of ether oxygens (including phenoxy) is 1. The van der Waals surface area contributed by atoms with Crippen LogP contribution in [0.5, 0.6) is 5.75 Å². The molecular weight excluding hydrogens is 410 g/mol. The summed E-state index contributed by atoms with van der Waals surface area (Å²) in [6, 6.07) is 22.6. The maximum atomic E-state index is 13.0. The fourth-order valence-electron chi connectivity index (χ4n) is 4.84. The van der Waals surface area contributed by atoms with Gasteiger partial charge in [0.15, 0.2) is 0 Å². The predicted octanol–water partition coefficient (Wildman–Crippen LogP) is 5.56. The van der Waals surface area contributed by atoms with Gasteiger partial charge in [-0.15, -0.1) is 0 Å². The largest absolute Gasteiger partial charge is 0.492 e. The van der Waals surface area contributed by atoms with Crippen molar-refractivity contribution < 1.29 is 9.53 Å². The van der Waals surface area contributed by atoms with E-state index in [9.17, 15) is 4.79 Å². The third-order valence-electron chi connectivity index (χ3n) is 6.27. The van der Waals surface area contributed by atoms with E-state index in [-0.39, 0.29) is 11.8 Å². The molecule has 1 amide bonds. The molecule has 168 valence electrons. The van der Waals surface area contributed by atoms with Gasteiger partial charge in [0.2, 0.25) is 5.91 Å². The molecule has 0 spiro atoms. The van der Waals surface area contributed by atoms with Gasteiger partial charge in [-0.05, 0) is 73.9 Å². The fourth-order valence-corrected chi connectivity index (χ4v) is 4.84. The SMILES string of the molecule is Cc1cccc(OCCn2c([C@@H]3CC(=O)N(c4cc(C)cc(C)c4)C3)nc3ccccc32)c1. The molecule has 5 rings (SSSR count). The van der Waals surface area contributed by atoms with Gasteiger partial charge in [-0.3, -0.25) is 4.79 Å². The lowest BCUT2D eigenvalue weighted by atomic mass is 10.1. The number of anilines is 1. The summed E-state index contributed by atoms with van der Waals surface area (Å²) in [5.41, 5.74) is 6.53. The molecule has 1 atom stereocenters. The molecule has 1 aliphatic heterocycles. The van der Waals surface area contributed by atoms with E-state index in [1.54, 1.807) is 0 Å². The standard InChI is InChI=1S/C28H29N3O2/c1-19-7-6-8-24(16-19)33-12-11-30-26-10-5-4-9-25(26)29-28(30)22-17-27(32)31(18-22)23-14-20(2)13-21(3)15-23/h4-10,13-16,22H,11-12,17-18H2,1-3H3/t22-/m1/s1. The second-order valence-electron chi connectivity index (χ2n) is 9.03. The van der Waals surface area contributed by atoms with Gasteiger partial charge in [0, 0.05) is 24.6 Å².